The number of fused-ring (bicyclic) bond motifs is 1. The first kappa shape index (κ1) is 20.5. The molecule has 3 rings (SSSR count). The molecule has 0 aliphatic carbocycles. The standard InChI is InChI=1S/C20H17BrClFN2O3/c1-24(11-15-16(22)4-2-5-17(15)23)18(26)6-3-9-25-19(27)13-8-7-12(21)10-14(13)20(25)28/h2,4-5,7-8,10H,3,6,9,11H2,1H3. The molecule has 0 N–H and O–H groups in total. The molecule has 0 radical (unpaired) electrons. The first-order chi connectivity index (χ1) is 13.3. The minimum Gasteiger partial charge on any atom is -0.341 e. The minimum absolute atomic E-state index is 0.0470. The van der Waals surface area contributed by atoms with Crippen LogP contribution in [0.4, 0.5) is 4.39 Å². The van der Waals surface area contributed by atoms with Gasteiger partial charge < -0.3 is 4.90 Å². The summed E-state index contributed by atoms with van der Waals surface area (Å²) >= 11 is 9.28. The molecule has 1 aliphatic heterocycles. The Hall–Kier alpha value is -2.25. The van der Waals surface area contributed by atoms with Gasteiger partial charge in [0.15, 0.2) is 0 Å². The van der Waals surface area contributed by atoms with Gasteiger partial charge in [-0.15, -0.1) is 0 Å². The van der Waals surface area contributed by atoms with Gasteiger partial charge in [-0.05, 0) is 36.8 Å². The molecule has 28 heavy (non-hydrogen) atoms. The molecule has 3 amide bonds. The lowest BCUT2D eigenvalue weighted by atomic mass is 10.1. The summed E-state index contributed by atoms with van der Waals surface area (Å²) in [6.45, 7) is 0.190. The van der Waals surface area contributed by atoms with Crippen LogP contribution >= 0.6 is 27.5 Å². The molecule has 0 unspecified atom stereocenters. The fourth-order valence-electron chi connectivity index (χ4n) is 3.05. The van der Waals surface area contributed by atoms with E-state index < -0.39 is 5.82 Å². The Morgan fingerprint density at radius 2 is 1.89 bits per heavy atom. The molecule has 0 atom stereocenters. The van der Waals surface area contributed by atoms with Crippen LogP contribution in [0, 0.1) is 5.82 Å². The molecule has 2 aromatic carbocycles. The van der Waals surface area contributed by atoms with E-state index in [2.05, 4.69) is 15.9 Å². The van der Waals surface area contributed by atoms with Gasteiger partial charge in [0, 0.05) is 41.6 Å². The van der Waals surface area contributed by atoms with E-state index in [1.165, 1.54) is 17.0 Å². The number of hydrogen-bond donors (Lipinski definition) is 0. The van der Waals surface area contributed by atoms with E-state index in [1.807, 2.05) is 0 Å². The molecular formula is C20H17BrClFN2O3. The number of hydrogen-bond acceptors (Lipinski definition) is 3. The van der Waals surface area contributed by atoms with Crippen LogP contribution in [-0.4, -0.2) is 41.1 Å². The van der Waals surface area contributed by atoms with Gasteiger partial charge in [0.25, 0.3) is 11.8 Å². The Kier molecular flexibility index (Phi) is 6.15. The highest BCUT2D eigenvalue weighted by Crippen LogP contribution is 2.26. The van der Waals surface area contributed by atoms with Crippen molar-refractivity contribution in [3.05, 3.63) is 68.4 Å². The average Bonchev–Trinajstić information content (AvgIpc) is 2.88. The molecule has 0 fully saturated rings. The highest BCUT2D eigenvalue weighted by atomic mass is 79.9. The fraction of sp³-hybridized carbons (Fsp3) is 0.250. The zero-order chi connectivity index (χ0) is 20.4. The first-order valence-corrected chi connectivity index (χ1v) is 9.79. The van der Waals surface area contributed by atoms with Crippen molar-refractivity contribution in [2.75, 3.05) is 13.6 Å². The predicted octanol–water partition coefficient (Wildman–Crippen LogP) is 4.28. The lowest BCUT2D eigenvalue weighted by Crippen LogP contribution is -2.32. The van der Waals surface area contributed by atoms with Crippen molar-refractivity contribution in [2.24, 2.45) is 0 Å². The SMILES string of the molecule is CN(Cc1c(F)cccc1Cl)C(=O)CCCN1C(=O)c2ccc(Br)cc2C1=O. The summed E-state index contributed by atoms with van der Waals surface area (Å²) in [6.07, 6.45) is 0.445. The largest absolute Gasteiger partial charge is 0.341 e. The highest BCUT2D eigenvalue weighted by Gasteiger charge is 2.35. The molecule has 0 spiro atoms. The van der Waals surface area contributed by atoms with Crippen molar-refractivity contribution < 1.29 is 18.8 Å². The number of nitrogens with zero attached hydrogens (tertiary/aromatic N) is 2. The second kappa shape index (κ2) is 8.41. The molecule has 1 heterocycles. The summed E-state index contributed by atoms with van der Waals surface area (Å²) in [5.41, 5.74) is 0.980. The van der Waals surface area contributed by atoms with Crippen LogP contribution in [-0.2, 0) is 11.3 Å². The molecule has 8 heteroatoms. The third kappa shape index (κ3) is 4.10. The Balaban J connectivity index is 1.56. The van der Waals surface area contributed by atoms with Crippen LogP contribution in [0.5, 0.6) is 0 Å². The van der Waals surface area contributed by atoms with E-state index in [-0.39, 0.29) is 47.8 Å². The number of halogens is 3. The molecule has 146 valence electrons. The van der Waals surface area contributed by atoms with Gasteiger partial charge in [0.2, 0.25) is 5.91 Å². The van der Waals surface area contributed by atoms with Gasteiger partial charge in [0.1, 0.15) is 5.82 Å². The summed E-state index contributed by atoms with van der Waals surface area (Å²) < 4.78 is 14.6. The first-order valence-electron chi connectivity index (χ1n) is 8.62. The second-order valence-corrected chi connectivity index (χ2v) is 7.83. The molecule has 0 aromatic heterocycles. The normalized spacial score (nSPS) is 13.1. The van der Waals surface area contributed by atoms with Crippen molar-refractivity contribution in [1.29, 1.82) is 0 Å². The minimum atomic E-state index is -0.468. The van der Waals surface area contributed by atoms with Gasteiger partial charge in [0.05, 0.1) is 11.1 Å². The molecule has 0 saturated heterocycles. The third-order valence-corrected chi connectivity index (χ3v) is 5.44. The third-order valence-electron chi connectivity index (χ3n) is 4.59. The lowest BCUT2D eigenvalue weighted by Gasteiger charge is -2.19. The van der Waals surface area contributed by atoms with Gasteiger partial charge in [-0.25, -0.2) is 4.39 Å². The maximum Gasteiger partial charge on any atom is 0.261 e. The maximum atomic E-state index is 13.9. The number of benzene rings is 2. The number of imide groups is 1. The van der Waals surface area contributed by atoms with E-state index in [4.69, 9.17) is 11.6 Å². The number of carbonyl (C=O) groups is 3. The van der Waals surface area contributed by atoms with Crippen LogP contribution < -0.4 is 0 Å². The van der Waals surface area contributed by atoms with E-state index in [9.17, 15) is 18.8 Å². The van der Waals surface area contributed by atoms with Gasteiger partial charge in [-0.1, -0.05) is 33.6 Å². The zero-order valence-corrected chi connectivity index (χ0v) is 17.4. The zero-order valence-electron chi connectivity index (χ0n) is 15.0. The topological polar surface area (TPSA) is 57.7 Å². The Morgan fingerprint density at radius 1 is 1.18 bits per heavy atom. The van der Waals surface area contributed by atoms with E-state index in [0.717, 1.165) is 9.37 Å². The smallest absolute Gasteiger partial charge is 0.261 e. The predicted molar refractivity (Wildman–Crippen MR) is 107 cm³/mol. The second-order valence-electron chi connectivity index (χ2n) is 6.51. The highest BCUT2D eigenvalue weighted by molar-refractivity contribution is 9.10. The van der Waals surface area contributed by atoms with Gasteiger partial charge >= 0.3 is 0 Å². The summed E-state index contributed by atoms with van der Waals surface area (Å²) in [5.74, 6) is -1.41. The van der Waals surface area contributed by atoms with Crippen molar-refractivity contribution in [2.45, 2.75) is 19.4 Å². The number of rotatable bonds is 6. The van der Waals surface area contributed by atoms with Crippen molar-refractivity contribution in [1.82, 2.24) is 9.80 Å². The molecular weight excluding hydrogens is 451 g/mol. The van der Waals surface area contributed by atoms with E-state index in [0.29, 0.717) is 17.5 Å². The Morgan fingerprint density at radius 3 is 2.61 bits per heavy atom. The maximum absolute atomic E-state index is 13.9. The van der Waals surface area contributed by atoms with Crippen molar-refractivity contribution in [3.8, 4) is 0 Å². The van der Waals surface area contributed by atoms with Gasteiger partial charge in [-0.3, -0.25) is 19.3 Å². The molecule has 0 bridgehead atoms. The summed E-state index contributed by atoms with van der Waals surface area (Å²) in [7, 11) is 1.56. The summed E-state index contributed by atoms with van der Waals surface area (Å²) in [5, 5.41) is 0.261. The van der Waals surface area contributed by atoms with Crippen molar-refractivity contribution >= 4 is 45.3 Å². The van der Waals surface area contributed by atoms with Gasteiger partial charge in [-0.2, -0.15) is 0 Å². The molecule has 1 aliphatic rings. The Labute approximate surface area is 175 Å². The van der Waals surface area contributed by atoms with Crippen LogP contribution in [0.1, 0.15) is 39.1 Å². The van der Waals surface area contributed by atoms with Crippen LogP contribution in [0.25, 0.3) is 0 Å². The molecule has 2 aromatic rings. The fourth-order valence-corrected chi connectivity index (χ4v) is 3.64. The molecule has 0 saturated carbocycles. The summed E-state index contributed by atoms with van der Waals surface area (Å²) in [6, 6.07) is 9.30. The average molecular weight is 468 g/mol. The van der Waals surface area contributed by atoms with Crippen molar-refractivity contribution in [3.63, 3.8) is 0 Å². The van der Waals surface area contributed by atoms with Crippen LogP contribution in [0.15, 0.2) is 40.9 Å². The van der Waals surface area contributed by atoms with Crippen LogP contribution in [0.2, 0.25) is 5.02 Å². The molecule has 5 nitrogen and oxygen atoms in total. The van der Waals surface area contributed by atoms with E-state index >= 15 is 0 Å². The quantitative estimate of drug-likeness (QED) is 0.596. The Bertz CT molecular complexity index is 946. The summed E-state index contributed by atoms with van der Waals surface area (Å²) in [4.78, 5) is 39.7. The van der Waals surface area contributed by atoms with Crippen LogP contribution in [0.3, 0.4) is 0 Å². The monoisotopic (exact) mass is 466 g/mol. The number of amides is 3. The van der Waals surface area contributed by atoms with E-state index in [1.54, 1.807) is 31.3 Å². The number of carbonyl (C=O) groups excluding carboxylic acids is 3. The lowest BCUT2D eigenvalue weighted by molar-refractivity contribution is -0.130.